The predicted octanol–water partition coefficient (Wildman–Crippen LogP) is 0.826. The number of hydrogen-bond acceptors (Lipinski definition) is 5. The Morgan fingerprint density at radius 1 is 1.16 bits per heavy atom. The molecular weight excluding hydrogens is 420 g/mol. The second-order valence-corrected chi connectivity index (χ2v) is 9.23. The fourth-order valence-corrected chi connectivity index (χ4v) is 4.55. The molecule has 164 valence electrons. The molecule has 1 saturated heterocycles. The second-order valence-electron chi connectivity index (χ2n) is 7.29. The first-order chi connectivity index (χ1) is 14.7. The number of amides is 3. The van der Waals surface area contributed by atoms with Crippen molar-refractivity contribution in [2.24, 2.45) is 0 Å². The number of likely N-dealkylation sites (N-methyl/N-ethyl adjacent to an activating group) is 1. The summed E-state index contributed by atoms with van der Waals surface area (Å²) in [7, 11) is -2.46. The summed E-state index contributed by atoms with van der Waals surface area (Å²) in [5, 5.41) is 5.29. The molecule has 0 bridgehead atoms. The number of anilines is 1. The van der Waals surface area contributed by atoms with E-state index in [-0.39, 0.29) is 48.5 Å². The van der Waals surface area contributed by atoms with Gasteiger partial charge in [-0.15, -0.1) is 0 Å². The van der Waals surface area contributed by atoms with Crippen molar-refractivity contribution in [2.75, 3.05) is 38.5 Å². The zero-order chi connectivity index (χ0) is 22.6. The van der Waals surface area contributed by atoms with E-state index in [0.717, 1.165) is 9.87 Å². The van der Waals surface area contributed by atoms with Crippen LogP contribution in [0.1, 0.15) is 15.9 Å². The highest BCUT2D eigenvalue weighted by molar-refractivity contribution is 7.89. The van der Waals surface area contributed by atoms with Crippen LogP contribution in [0.2, 0.25) is 0 Å². The van der Waals surface area contributed by atoms with Crippen LogP contribution in [0.25, 0.3) is 0 Å². The fourth-order valence-electron chi connectivity index (χ4n) is 3.10. The predicted molar refractivity (Wildman–Crippen MR) is 115 cm³/mol. The number of benzene rings is 2. The van der Waals surface area contributed by atoms with Gasteiger partial charge in [-0.25, -0.2) is 8.42 Å². The van der Waals surface area contributed by atoms with Gasteiger partial charge in [0.1, 0.15) is 0 Å². The molecule has 0 atom stereocenters. The number of nitrogens with one attached hydrogen (secondary N) is 2. The molecule has 0 radical (unpaired) electrons. The molecule has 1 heterocycles. The van der Waals surface area contributed by atoms with Crippen LogP contribution in [-0.4, -0.2) is 68.6 Å². The quantitative estimate of drug-likeness (QED) is 0.685. The third kappa shape index (κ3) is 5.47. The fraction of sp³-hybridized carbons (Fsp3) is 0.286. The maximum Gasteiger partial charge on any atom is 0.254 e. The smallest absolute Gasteiger partial charge is 0.254 e. The normalized spacial score (nSPS) is 14.6. The van der Waals surface area contributed by atoms with Crippen LogP contribution in [0.15, 0.2) is 53.4 Å². The van der Waals surface area contributed by atoms with Gasteiger partial charge in [0.05, 0.1) is 18.0 Å². The third-order valence-corrected chi connectivity index (χ3v) is 6.63. The van der Waals surface area contributed by atoms with Crippen LogP contribution in [0.3, 0.4) is 0 Å². The molecule has 0 spiro atoms. The Morgan fingerprint density at radius 3 is 2.55 bits per heavy atom. The van der Waals surface area contributed by atoms with Gasteiger partial charge in [-0.1, -0.05) is 23.8 Å². The molecule has 0 aromatic heterocycles. The van der Waals surface area contributed by atoms with Crippen molar-refractivity contribution in [2.45, 2.75) is 11.8 Å². The monoisotopic (exact) mass is 444 g/mol. The largest absolute Gasteiger partial charge is 0.354 e. The van der Waals surface area contributed by atoms with Gasteiger partial charge in [0.2, 0.25) is 21.8 Å². The summed E-state index contributed by atoms with van der Waals surface area (Å²) in [5.74, 6) is -1.24. The van der Waals surface area contributed by atoms with Crippen molar-refractivity contribution < 1.29 is 22.8 Å². The number of hydrogen-bond donors (Lipinski definition) is 2. The molecule has 10 heteroatoms. The summed E-state index contributed by atoms with van der Waals surface area (Å²) >= 11 is 0. The van der Waals surface area contributed by atoms with Crippen LogP contribution in [0.5, 0.6) is 0 Å². The number of rotatable bonds is 6. The maximum absolute atomic E-state index is 12.8. The highest BCUT2D eigenvalue weighted by Crippen LogP contribution is 2.19. The average molecular weight is 445 g/mol. The Bertz CT molecular complexity index is 1100. The van der Waals surface area contributed by atoms with E-state index < -0.39 is 15.9 Å². The zero-order valence-electron chi connectivity index (χ0n) is 17.3. The van der Waals surface area contributed by atoms with Gasteiger partial charge in [0, 0.05) is 31.4 Å². The van der Waals surface area contributed by atoms with Crippen LogP contribution >= 0.6 is 0 Å². The first-order valence-corrected chi connectivity index (χ1v) is 11.1. The number of carbonyl (C=O) groups is 3. The Hall–Kier alpha value is -3.24. The van der Waals surface area contributed by atoms with E-state index in [1.807, 2.05) is 19.1 Å². The van der Waals surface area contributed by atoms with Gasteiger partial charge in [-0.2, -0.15) is 4.31 Å². The van der Waals surface area contributed by atoms with E-state index in [2.05, 4.69) is 10.6 Å². The molecule has 3 rings (SSSR count). The van der Waals surface area contributed by atoms with Gasteiger partial charge in [0.25, 0.3) is 5.91 Å². The third-order valence-electron chi connectivity index (χ3n) is 4.78. The van der Waals surface area contributed by atoms with Gasteiger partial charge in [-0.05, 0) is 37.3 Å². The number of sulfonamides is 1. The highest BCUT2D eigenvalue weighted by Gasteiger charge is 2.29. The maximum atomic E-state index is 12.8. The van der Waals surface area contributed by atoms with E-state index in [0.29, 0.717) is 5.69 Å². The lowest BCUT2D eigenvalue weighted by Gasteiger charge is -2.26. The molecule has 31 heavy (non-hydrogen) atoms. The summed E-state index contributed by atoms with van der Waals surface area (Å²) in [6.45, 7) is 1.86. The SMILES string of the molecule is Cc1ccc(NC(=O)CN(C)C(=O)c2cccc(S(=O)(=O)N3CCNC(=O)C3)c2)cc1. The van der Waals surface area contributed by atoms with E-state index in [9.17, 15) is 22.8 Å². The summed E-state index contributed by atoms with van der Waals surface area (Å²) in [6.07, 6.45) is 0. The van der Waals surface area contributed by atoms with Crippen LogP contribution in [-0.2, 0) is 19.6 Å². The first-order valence-electron chi connectivity index (χ1n) is 9.66. The molecular formula is C21H24N4O5S. The van der Waals surface area contributed by atoms with Crippen molar-refractivity contribution in [3.8, 4) is 0 Å². The summed E-state index contributed by atoms with van der Waals surface area (Å²) in [4.78, 5) is 37.7. The minimum atomic E-state index is -3.92. The summed E-state index contributed by atoms with van der Waals surface area (Å²) < 4.78 is 26.8. The number of nitrogens with zero attached hydrogens (tertiary/aromatic N) is 2. The van der Waals surface area contributed by atoms with Crippen LogP contribution < -0.4 is 10.6 Å². The van der Waals surface area contributed by atoms with E-state index >= 15 is 0 Å². The Balaban J connectivity index is 1.69. The molecule has 1 aliphatic heterocycles. The van der Waals surface area contributed by atoms with Crippen LogP contribution in [0.4, 0.5) is 5.69 Å². The van der Waals surface area contributed by atoms with Gasteiger partial charge in [-0.3, -0.25) is 14.4 Å². The van der Waals surface area contributed by atoms with Crippen molar-refractivity contribution in [1.82, 2.24) is 14.5 Å². The molecule has 1 fully saturated rings. The summed E-state index contributed by atoms with van der Waals surface area (Å²) in [5.41, 5.74) is 1.81. The Labute approximate surface area is 181 Å². The lowest BCUT2D eigenvalue weighted by atomic mass is 10.2. The highest BCUT2D eigenvalue weighted by atomic mass is 32.2. The first kappa shape index (κ1) is 22.4. The summed E-state index contributed by atoms with van der Waals surface area (Å²) in [6, 6.07) is 12.9. The van der Waals surface area contributed by atoms with E-state index in [1.165, 1.54) is 36.2 Å². The van der Waals surface area contributed by atoms with Gasteiger partial charge < -0.3 is 15.5 Å². The Morgan fingerprint density at radius 2 is 1.87 bits per heavy atom. The molecule has 0 saturated carbocycles. The number of piperazine rings is 1. The number of aryl methyl sites for hydroxylation is 1. The van der Waals surface area contributed by atoms with Crippen molar-refractivity contribution >= 4 is 33.4 Å². The van der Waals surface area contributed by atoms with E-state index in [4.69, 9.17) is 0 Å². The molecule has 2 aromatic rings. The van der Waals surface area contributed by atoms with Gasteiger partial charge >= 0.3 is 0 Å². The van der Waals surface area contributed by atoms with Crippen molar-refractivity contribution in [1.29, 1.82) is 0 Å². The molecule has 0 unspecified atom stereocenters. The minimum Gasteiger partial charge on any atom is -0.354 e. The second kappa shape index (κ2) is 9.27. The standard InChI is InChI=1S/C21H24N4O5S/c1-15-6-8-17(9-7-15)23-20(27)13-24(2)21(28)16-4-3-5-18(12-16)31(29,30)25-11-10-22-19(26)14-25/h3-9,12H,10-11,13-14H2,1-2H3,(H,22,26)(H,23,27). The topological polar surface area (TPSA) is 116 Å². The Kier molecular flexibility index (Phi) is 6.71. The van der Waals surface area contributed by atoms with E-state index in [1.54, 1.807) is 12.1 Å². The minimum absolute atomic E-state index is 0.0782. The molecule has 3 amide bonds. The van der Waals surface area contributed by atoms with Crippen LogP contribution in [0, 0.1) is 6.92 Å². The molecule has 2 aromatic carbocycles. The van der Waals surface area contributed by atoms with Crippen molar-refractivity contribution in [3.05, 3.63) is 59.7 Å². The van der Waals surface area contributed by atoms with Crippen molar-refractivity contribution in [3.63, 3.8) is 0 Å². The molecule has 2 N–H and O–H groups in total. The lowest BCUT2D eigenvalue weighted by Crippen LogP contribution is -2.49. The number of carbonyl (C=O) groups excluding carboxylic acids is 3. The molecule has 9 nitrogen and oxygen atoms in total. The molecule has 0 aliphatic carbocycles. The molecule has 1 aliphatic rings. The zero-order valence-corrected chi connectivity index (χ0v) is 18.1. The lowest BCUT2D eigenvalue weighted by molar-refractivity contribution is -0.122. The van der Waals surface area contributed by atoms with Gasteiger partial charge in [0.15, 0.2) is 0 Å². The average Bonchev–Trinajstić information content (AvgIpc) is 2.75.